The van der Waals surface area contributed by atoms with E-state index in [1.165, 1.54) is 44.9 Å². The van der Waals surface area contributed by atoms with Crippen LogP contribution in [0, 0.1) is 5.92 Å². The van der Waals surface area contributed by atoms with E-state index in [0.717, 1.165) is 31.7 Å². The van der Waals surface area contributed by atoms with Gasteiger partial charge in [0, 0.05) is 11.8 Å². The van der Waals surface area contributed by atoms with E-state index in [0.29, 0.717) is 11.8 Å². The molecule has 1 unspecified atom stereocenters. The first-order valence-electron chi connectivity index (χ1n) is 9.03. The lowest BCUT2D eigenvalue weighted by Gasteiger charge is -2.30. The predicted molar refractivity (Wildman–Crippen MR) is 91.5 cm³/mol. The van der Waals surface area contributed by atoms with Crippen LogP contribution in [0.4, 0.5) is 0 Å². The van der Waals surface area contributed by atoms with Crippen molar-refractivity contribution in [3.05, 3.63) is 0 Å². The second kappa shape index (κ2) is 10.6. The Balaban J connectivity index is 2.48. The molecule has 4 heteroatoms. The van der Waals surface area contributed by atoms with Crippen LogP contribution in [0.2, 0.25) is 0 Å². The van der Waals surface area contributed by atoms with Crippen molar-refractivity contribution in [1.29, 1.82) is 0 Å². The van der Waals surface area contributed by atoms with Gasteiger partial charge in [0.15, 0.2) is 0 Å². The number of sulfone groups is 1. The SMILES string of the molecule is CCCNC(CCCS(=O)(=O)CC)C1CCCCCCC1. The van der Waals surface area contributed by atoms with Crippen molar-refractivity contribution in [2.75, 3.05) is 18.1 Å². The summed E-state index contributed by atoms with van der Waals surface area (Å²) in [7, 11) is -2.81. The van der Waals surface area contributed by atoms with Gasteiger partial charge in [-0.15, -0.1) is 0 Å². The molecule has 0 heterocycles. The fourth-order valence-electron chi connectivity index (χ4n) is 3.39. The molecule has 0 spiro atoms. The topological polar surface area (TPSA) is 46.2 Å². The minimum atomic E-state index is -2.81. The van der Waals surface area contributed by atoms with Crippen molar-refractivity contribution >= 4 is 9.84 Å². The third-order valence-corrected chi connectivity index (χ3v) is 6.58. The number of hydrogen-bond donors (Lipinski definition) is 1. The van der Waals surface area contributed by atoms with Gasteiger partial charge < -0.3 is 5.32 Å². The molecule has 0 radical (unpaired) electrons. The first kappa shape index (κ1) is 19.0. The Morgan fingerprint density at radius 1 is 1.05 bits per heavy atom. The van der Waals surface area contributed by atoms with Gasteiger partial charge in [-0.25, -0.2) is 8.42 Å². The Labute approximate surface area is 132 Å². The minimum absolute atomic E-state index is 0.281. The van der Waals surface area contributed by atoms with Crippen molar-refractivity contribution in [2.45, 2.75) is 84.1 Å². The summed E-state index contributed by atoms with van der Waals surface area (Å²) in [5.74, 6) is 1.39. The Kier molecular flexibility index (Phi) is 9.57. The smallest absolute Gasteiger partial charge is 0.150 e. The van der Waals surface area contributed by atoms with Crippen molar-refractivity contribution < 1.29 is 8.42 Å². The lowest BCUT2D eigenvalue weighted by atomic mass is 9.84. The van der Waals surface area contributed by atoms with Crippen molar-refractivity contribution in [1.82, 2.24) is 5.32 Å². The average Bonchev–Trinajstić information content (AvgIpc) is 2.43. The van der Waals surface area contributed by atoms with Gasteiger partial charge in [0.05, 0.1) is 5.75 Å². The highest BCUT2D eigenvalue weighted by Gasteiger charge is 2.22. The summed E-state index contributed by atoms with van der Waals surface area (Å²) in [6, 6.07) is 0.523. The average molecular weight is 318 g/mol. The molecule has 0 bridgehead atoms. The van der Waals surface area contributed by atoms with Crippen LogP contribution in [0.15, 0.2) is 0 Å². The zero-order valence-corrected chi connectivity index (χ0v) is 14.9. The van der Waals surface area contributed by atoms with Gasteiger partial charge in [0.25, 0.3) is 0 Å². The summed E-state index contributed by atoms with van der Waals surface area (Å²) < 4.78 is 23.3. The summed E-state index contributed by atoms with van der Waals surface area (Å²) in [5.41, 5.74) is 0. The molecule has 1 aliphatic carbocycles. The normalized spacial score (nSPS) is 19.9. The maximum atomic E-state index is 11.7. The van der Waals surface area contributed by atoms with Crippen molar-refractivity contribution in [2.24, 2.45) is 5.92 Å². The highest BCUT2D eigenvalue weighted by molar-refractivity contribution is 7.91. The zero-order chi connectivity index (χ0) is 15.6. The minimum Gasteiger partial charge on any atom is -0.314 e. The lowest BCUT2D eigenvalue weighted by Crippen LogP contribution is -2.37. The fraction of sp³-hybridized carbons (Fsp3) is 1.00. The molecule has 126 valence electrons. The molecule has 1 fully saturated rings. The first-order valence-corrected chi connectivity index (χ1v) is 10.8. The lowest BCUT2D eigenvalue weighted by molar-refractivity contribution is 0.272. The van der Waals surface area contributed by atoms with Gasteiger partial charge in [0.1, 0.15) is 9.84 Å². The van der Waals surface area contributed by atoms with E-state index < -0.39 is 9.84 Å². The molecule has 0 saturated heterocycles. The molecular formula is C17H35NO2S. The van der Waals surface area contributed by atoms with Crippen LogP contribution in [-0.2, 0) is 9.84 Å². The highest BCUT2D eigenvalue weighted by Crippen LogP contribution is 2.27. The van der Waals surface area contributed by atoms with E-state index in [-0.39, 0.29) is 5.75 Å². The van der Waals surface area contributed by atoms with E-state index in [1.54, 1.807) is 6.92 Å². The monoisotopic (exact) mass is 317 g/mol. The van der Waals surface area contributed by atoms with E-state index in [4.69, 9.17) is 0 Å². The standard InChI is InChI=1S/C17H35NO2S/c1-3-14-18-17(13-10-15-21(19,20)4-2)16-11-8-6-5-7-9-12-16/h16-18H,3-15H2,1-2H3. The van der Waals surface area contributed by atoms with Gasteiger partial charge in [0.2, 0.25) is 0 Å². The van der Waals surface area contributed by atoms with Crippen LogP contribution in [0.25, 0.3) is 0 Å². The predicted octanol–water partition coefficient (Wildman–Crippen LogP) is 3.93. The second-order valence-electron chi connectivity index (χ2n) is 6.54. The molecule has 0 aromatic rings. The van der Waals surface area contributed by atoms with Crippen LogP contribution in [0.3, 0.4) is 0 Å². The van der Waals surface area contributed by atoms with E-state index in [2.05, 4.69) is 12.2 Å². The summed E-state index contributed by atoms with van der Waals surface area (Å²) in [6.45, 7) is 5.00. The summed E-state index contributed by atoms with van der Waals surface area (Å²) >= 11 is 0. The molecule has 1 saturated carbocycles. The van der Waals surface area contributed by atoms with Crippen LogP contribution in [0.5, 0.6) is 0 Å². The Morgan fingerprint density at radius 3 is 2.24 bits per heavy atom. The quantitative estimate of drug-likeness (QED) is 0.701. The van der Waals surface area contributed by atoms with E-state index >= 15 is 0 Å². The molecule has 0 aromatic heterocycles. The largest absolute Gasteiger partial charge is 0.314 e. The summed E-state index contributed by atoms with van der Waals surface area (Å²) in [4.78, 5) is 0. The Bertz CT molecular complexity index is 346. The molecule has 1 atom stereocenters. The van der Waals surface area contributed by atoms with Crippen LogP contribution < -0.4 is 5.32 Å². The van der Waals surface area contributed by atoms with Crippen LogP contribution in [0.1, 0.15) is 78.1 Å². The number of nitrogens with one attached hydrogen (secondary N) is 1. The molecule has 0 amide bonds. The second-order valence-corrected chi connectivity index (χ2v) is 9.02. The summed E-state index contributed by atoms with van der Waals surface area (Å²) in [5, 5.41) is 3.70. The number of hydrogen-bond acceptors (Lipinski definition) is 3. The highest BCUT2D eigenvalue weighted by atomic mass is 32.2. The molecule has 0 aliphatic heterocycles. The van der Waals surface area contributed by atoms with Crippen molar-refractivity contribution in [3.8, 4) is 0 Å². The van der Waals surface area contributed by atoms with Gasteiger partial charge in [-0.1, -0.05) is 46.0 Å². The molecular weight excluding hydrogens is 282 g/mol. The Morgan fingerprint density at radius 2 is 1.67 bits per heavy atom. The summed E-state index contributed by atoms with van der Waals surface area (Å²) in [6.07, 6.45) is 12.5. The fourth-order valence-corrected chi connectivity index (χ4v) is 4.29. The van der Waals surface area contributed by atoms with Gasteiger partial charge >= 0.3 is 0 Å². The molecule has 1 aliphatic rings. The molecule has 3 nitrogen and oxygen atoms in total. The van der Waals surface area contributed by atoms with Gasteiger partial charge in [-0.2, -0.15) is 0 Å². The first-order chi connectivity index (χ1) is 10.1. The molecule has 1 N–H and O–H groups in total. The van der Waals surface area contributed by atoms with Crippen molar-refractivity contribution in [3.63, 3.8) is 0 Å². The molecule has 21 heavy (non-hydrogen) atoms. The molecule has 0 aromatic carbocycles. The zero-order valence-electron chi connectivity index (χ0n) is 14.1. The van der Waals surface area contributed by atoms with E-state index in [9.17, 15) is 8.42 Å². The maximum Gasteiger partial charge on any atom is 0.150 e. The van der Waals surface area contributed by atoms with Gasteiger partial charge in [-0.05, 0) is 44.6 Å². The molecule has 1 rings (SSSR count). The van der Waals surface area contributed by atoms with Gasteiger partial charge in [-0.3, -0.25) is 0 Å². The number of rotatable bonds is 9. The maximum absolute atomic E-state index is 11.7. The third-order valence-electron chi connectivity index (χ3n) is 4.79. The van der Waals surface area contributed by atoms with Crippen LogP contribution in [-0.4, -0.2) is 32.5 Å². The van der Waals surface area contributed by atoms with E-state index in [1.807, 2.05) is 0 Å². The third kappa shape index (κ3) is 8.20. The van der Waals surface area contributed by atoms with Crippen LogP contribution >= 0.6 is 0 Å². The Hall–Kier alpha value is -0.0900.